The number of para-hydroxylation sites is 1. The van der Waals surface area contributed by atoms with Gasteiger partial charge in [0.1, 0.15) is 62.2 Å². The number of hydrogen-bond acceptors (Lipinski definition) is 23. The van der Waals surface area contributed by atoms with Crippen LogP contribution in [0.1, 0.15) is 63.9 Å². The lowest BCUT2D eigenvalue weighted by Gasteiger charge is -2.28. The normalized spacial score (nSPS) is 16.3. The van der Waals surface area contributed by atoms with E-state index in [0.717, 1.165) is 84.0 Å². The molecule has 37 nitrogen and oxygen atoms in total. The van der Waals surface area contributed by atoms with Gasteiger partial charge in [0.2, 0.25) is 0 Å². The number of urea groups is 7. The highest BCUT2D eigenvalue weighted by molar-refractivity contribution is 6.33. The predicted octanol–water partition coefficient (Wildman–Crippen LogP) is 11.6. The molecule has 0 bridgehead atoms. The second kappa shape index (κ2) is 53.1. The van der Waals surface area contributed by atoms with E-state index in [-0.39, 0.29) is 52.1 Å². The Hall–Kier alpha value is -19.4. The minimum Gasteiger partial charge on any atom is -0.497 e. The van der Waals surface area contributed by atoms with Gasteiger partial charge < -0.3 is 9.64 Å². The van der Waals surface area contributed by atoms with E-state index in [0.29, 0.717) is 16.7 Å². The molecule has 40 heteroatoms. The van der Waals surface area contributed by atoms with Crippen molar-refractivity contribution in [3.05, 3.63) is 361 Å². The van der Waals surface area contributed by atoms with Crippen LogP contribution >= 0.6 is 0 Å². The summed E-state index contributed by atoms with van der Waals surface area (Å²) in [6.45, 7) is 7.66. The molecule has 0 atom stereocenters. The Morgan fingerprint density at radius 3 is 0.781 bits per heavy atom. The number of carbonyl (C=O) groups is 21. The molecule has 7 aliphatic heterocycles. The number of halogens is 3. The maximum atomic E-state index is 13.4. The topological polar surface area (TPSA) is 469 Å². The van der Waals surface area contributed by atoms with Crippen molar-refractivity contribution < 1.29 is 119 Å². The van der Waals surface area contributed by atoms with Gasteiger partial charge in [0.15, 0.2) is 0 Å². The monoisotopic (exact) mass is 1990 g/mol. The Labute approximate surface area is 835 Å². The van der Waals surface area contributed by atoms with Gasteiger partial charge in [-0.2, -0.15) is 0 Å². The minimum absolute atomic E-state index is 0.0341. The molecule has 7 fully saturated rings. The fourth-order valence-corrected chi connectivity index (χ4v) is 12.9. The van der Waals surface area contributed by atoms with E-state index in [1.54, 1.807) is 118 Å². The molecule has 0 spiro atoms. The highest BCUT2D eigenvalue weighted by Gasteiger charge is 2.42. The molecule has 28 amide bonds. The van der Waals surface area contributed by atoms with Gasteiger partial charge >= 0.3 is 42.2 Å². The average Bonchev–Trinajstić information content (AvgIpc) is 0.801. The molecular formula is C106H98F3N15O22. The van der Waals surface area contributed by atoms with E-state index >= 15 is 0 Å². The van der Waals surface area contributed by atoms with E-state index in [2.05, 4.69) is 10.6 Å². The lowest BCUT2D eigenvalue weighted by atomic mass is 10.1. The van der Waals surface area contributed by atoms with Gasteiger partial charge in [-0.1, -0.05) is 230 Å². The van der Waals surface area contributed by atoms with E-state index in [4.69, 9.17) is 4.74 Å². The zero-order valence-corrected chi connectivity index (χ0v) is 80.8. The first-order valence-corrected chi connectivity index (χ1v) is 43.9. The molecule has 0 saturated carbocycles. The highest BCUT2D eigenvalue weighted by atomic mass is 19.1. The van der Waals surface area contributed by atoms with Gasteiger partial charge in [-0.05, 0) is 129 Å². The number of nitrogens with one attached hydrogen (secondary N) is 6. The van der Waals surface area contributed by atoms with Crippen molar-refractivity contribution in [2.24, 2.45) is 0 Å². The molecule has 7 aromatic carbocycles. The number of likely N-dealkylation sites (N-methyl/N-ethyl adjacent to an activating group) is 8. The number of barbiturate groups is 7. The smallest absolute Gasteiger partial charge is 0.333 e. The number of aryl methyl sites for hydroxylation is 2. The van der Waals surface area contributed by atoms with Crippen molar-refractivity contribution in [1.82, 2.24) is 71.1 Å². The number of amides is 28. The molecule has 0 aliphatic carbocycles. The SMILES string of the molecule is CCN1C(=O)NC(=O)/C(=C\C=C\c2ccc(C)cc2)C1=O.CCN1C(=O)NC(=O)/C(=C\C=C\c2ccccc2F)C1=O.CN1C(=O)C(=C/C=C/c2ccccc2F)C(=O)N(C)C1=O.CN1C(=O)C(=C/C=C/c2ccccc2N(C)C)C(=O)N(C)C1=O.COc1ccc(/C=C/C=C2C(=O)N(C)C(=O)N(C)C2=O)cc1.Cc1ccc(/C=C/C=C2C(=O)NC(=O)NC2=O)cc1.O=C1NC(=O)C(=C/C=C/c2ccccc2F)C(=O)N1. The lowest BCUT2D eigenvalue weighted by Crippen LogP contribution is -2.53. The number of rotatable bonds is 18. The quantitative estimate of drug-likeness (QED) is 0.0343. The van der Waals surface area contributed by atoms with Gasteiger partial charge in [0.05, 0.1) is 7.11 Å². The fourth-order valence-electron chi connectivity index (χ4n) is 12.9. The zero-order valence-electron chi connectivity index (χ0n) is 80.8. The van der Waals surface area contributed by atoms with Crippen LogP contribution in [0.15, 0.2) is 294 Å². The van der Waals surface area contributed by atoms with E-state index in [9.17, 15) is 114 Å². The second-order valence-electron chi connectivity index (χ2n) is 31.3. The Morgan fingerprint density at radius 1 is 0.281 bits per heavy atom. The Balaban J connectivity index is 0.000000208. The summed E-state index contributed by atoms with van der Waals surface area (Å²) in [5.74, 6) is -9.84. The number of allylic oxidation sites excluding steroid dienone is 14. The molecule has 750 valence electrons. The number of benzene rings is 7. The van der Waals surface area contributed by atoms with Crippen molar-refractivity contribution in [3.63, 3.8) is 0 Å². The minimum atomic E-state index is -0.856. The summed E-state index contributed by atoms with van der Waals surface area (Å²) in [6, 6.07) is 44.0. The second-order valence-corrected chi connectivity index (χ2v) is 31.3. The molecule has 0 aromatic heterocycles. The van der Waals surface area contributed by atoms with Crippen molar-refractivity contribution in [2.75, 3.05) is 81.5 Å². The van der Waals surface area contributed by atoms with Gasteiger partial charge in [-0.15, -0.1) is 0 Å². The Bertz CT molecular complexity index is 6750. The summed E-state index contributed by atoms with van der Waals surface area (Å²) in [5.41, 5.74) is 7.36. The summed E-state index contributed by atoms with van der Waals surface area (Å²) in [5, 5.41) is 12.1. The van der Waals surface area contributed by atoms with Crippen LogP contribution in [0.4, 0.5) is 52.4 Å². The fraction of sp³-hybridized carbons (Fsp3) is 0.142. The molecular weight excluding hydrogens is 1890 g/mol. The third kappa shape index (κ3) is 30.3. The predicted molar refractivity (Wildman–Crippen MR) is 533 cm³/mol. The standard InChI is InChI=1S/C17H19N3O3.C16H16N2O4.C16H16N2O3.2C15H13FN2O3.C14H12N2O3.C13H9FN2O3/c1-18(2)14-11-6-5-8-12(14)9-7-10-13-15(21)19(3)17(23)20(4)16(13)22;1-17-14(19)13(15(20)18(2)16(17)21)6-4-5-11-7-9-12(22-3)10-8-11;1-3-18-15(20)13(14(19)17-16(18)21)6-4-5-12-9-7-11(2)8-10-12;1-17-13(19)11(14(20)18(2)15(17)21)8-5-7-10-6-3-4-9-12(10)16;1-2-18-14(20)11(13(19)17-15(18)21)8-5-7-10-6-3-4-9-12(10)16;1-9-5-7-10(8-6-9)3-2-4-11-12(17)15-14(19)16-13(11)18;14-10-7-2-1-4-8(10)5-3-6-9-11(17)15-13(19)16-12(9)18/h5-11H,1-4H3;4-10H,1-3H3;4-10H,3H2,1-2H3,(H,17,19,21);3-9H,1-2H3;3-9H,2H2,1H3,(H,17,19,21);2-8H,1H3,(H2,15,16,17,18,19);1-7H,(H2,15,16,17,18,19)/b9-7+;5-4+;5-4+,13-6+;7-5+;7-5+,11-8+;3-2+;5-3+. The summed E-state index contributed by atoms with van der Waals surface area (Å²) >= 11 is 0. The summed E-state index contributed by atoms with van der Waals surface area (Å²) < 4.78 is 45.2. The maximum Gasteiger partial charge on any atom is 0.333 e. The zero-order chi connectivity index (χ0) is 107. The average molecular weight is 1990 g/mol. The molecule has 0 radical (unpaired) electrons. The van der Waals surface area contributed by atoms with Crippen LogP contribution in [-0.4, -0.2) is 241 Å². The van der Waals surface area contributed by atoms with Gasteiger partial charge in [-0.25, -0.2) is 46.7 Å². The van der Waals surface area contributed by atoms with Crippen LogP contribution < -0.4 is 41.5 Å². The van der Waals surface area contributed by atoms with Crippen molar-refractivity contribution in [1.29, 1.82) is 0 Å². The van der Waals surface area contributed by atoms with Crippen LogP contribution in [0.5, 0.6) is 5.75 Å². The number of nitrogens with zero attached hydrogens (tertiary/aromatic N) is 9. The number of ether oxygens (including phenoxy) is 1. The van der Waals surface area contributed by atoms with Crippen molar-refractivity contribution >= 4 is 173 Å². The number of carbonyl (C=O) groups excluding carboxylic acids is 21. The summed E-state index contributed by atoms with van der Waals surface area (Å²) in [7, 11) is 13.4. The molecule has 7 aliphatic rings. The van der Waals surface area contributed by atoms with Crippen molar-refractivity contribution in [2.45, 2.75) is 27.7 Å². The molecule has 6 N–H and O–H groups in total. The van der Waals surface area contributed by atoms with E-state index in [1.807, 2.05) is 157 Å². The molecule has 0 unspecified atom stereocenters. The van der Waals surface area contributed by atoms with Crippen molar-refractivity contribution in [3.8, 4) is 5.75 Å². The molecule has 7 aromatic rings. The van der Waals surface area contributed by atoms with Gasteiger partial charge in [0.25, 0.3) is 82.7 Å². The number of imide groups is 14. The third-order valence-electron chi connectivity index (χ3n) is 21.0. The molecule has 146 heavy (non-hydrogen) atoms. The Morgan fingerprint density at radius 2 is 0.514 bits per heavy atom. The van der Waals surface area contributed by atoms with Crippen LogP contribution in [0, 0.1) is 31.3 Å². The lowest BCUT2D eigenvalue weighted by molar-refractivity contribution is -0.136. The summed E-state index contributed by atoms with van der Waals surface area (Å²) in [4.78, 5) is 253. The first-order chi connectivity index (χ1) is 69.4. The largest absolute Gasteiger partial charge is 0.497 e. The molecule has 7 saturated heterocycles. The first-order valence-electron chi connectivity index (χ1n) is 43.9. The Kier molecular flexibility index (Phi) is 40.7. The first kappa shape index (κ1) is 112. The van der Waals surface area contributed by atoms with Crippen LogP contribution in [0.25, 0.3) is 42.5 Å². The molecule has 7 heterocycles. The third-order valence-corrected chi connectivity index (χ3v) is 21.0. The van der Waals surface area contributed by atoms with Gasteiger partial charge in [-0.3, -0.25) is 138 Å². The number of anilines is 1. The van der Waals surface area contributed by atoms with Gasteiger partial charge in [0, 0.05) is 91.8 Å². The van der Waals surface area contributed by atoms with Crippen LogP contribution in [0.2, 0.25) is 0 Å². The van der Waals surface area contributed by atoms with E-state index < -0.39 is 142 Å². The summed E-state index contributed by atoms with van der Waals surface area (Å²) in [6.07, 6.45) is 31.5. The number of hydrogen-bond donors (Lipinski definition) is 6. The van der Waals surface area contributed by atoms with E-state index in [1.165, 1.54) is 139 Å². The highest BCUT2D eigenvalue weighted by Crippen LogP contribution is 2.25. The van der Waals surface area contributed by atoms with Crippen LogP contribution in [-0.2, 0) is 67.1 Å². The number of methoxy groups -OCH3 is 1. The maximum absolute atomic E-state index is 13.4. The molecule has 14 rings (SSSR count). The van der Waals surface area contributed by atoms with Crippen LogP contribution in [0.3, 0.4) is 0 Å².